The first kappa shape index (κ1) is 16.7. The molecule has 0 unspecified atom stereocenters. The highest BCUT2D eigenvalue weighted by molar-refractivity contribution is 5.44. The Labute approximate surface area is 133 Å². The molecule has 0 heterocycles. The van der Waals surface area contributed by atoms with Crippen LogP contribution in [0.4, 0.5) is 0 Å². The van der Waals surface area contributed by atoms with Crippen molar-refractivity contribution >= 4 is 0 Å². The Morgan fingerprint density at radius 2 is 0.773 bits per heavy atom. The fourth-order valence-corrected chi connectivity index (χ4v) is 3.63. The third kappa shape index (κ3) is 3.08. The third-order valence-electron chi connectivity index (χ3n) is 4.37. The minimum atomic E-state index is -0.916. The molecule has 2 nitrogen and oxygen atoms in total. The van der Waals surface area contributed by atoms with E-state index in [1.54, 1.807) is 0 Å². The molecule has 0 aliphatic rings. The van der Waals surface area contributed by atoms with E-state index >= 15 is 0 Å². The first-order chi connectivity index (χ1) is 10.2. The summed E-state index contributed by atoms with van der Waals surface area (Å²) in [6.07, 6.45) is -1.83. The van der Waals surface area contributed by atoms with Gasteiger partial charge >= 0.3 is 0 Å². The van der Waals surface area contributed by atoms with Gasteiger partial charge in [-0.1, -0.05) is 35.4 Å². The summed E-state index contributed by atoms with van der Waals surface area (Å²) >= 11 is 0. The van der Waals surface area contributed by atoms with Gasteiger partial charge in [0.05, 0.1) is 0 Å². The topological polar surface area (TPSA) is 40.5 Å². The number of benzene rings is 2. The summed E-state index contributed by atoms with van der Waals surface area (Å²) < 4.78 is 0. The number of aliphatic hydroxyl groups excluding tert-OH is 2. The standard InChI is InChI=1S/C20H26O2/c1-11-7-13(3)17(14(4)8-11)19(21)20(22)18-15(5)9-12(2)10-16(18)6/h7-10,19-22H,1-6H3/t19-,20-/m0/s1. The minimum absolute atomic E-state index is 0.831. The lowest BCUT2D eigenvalue weighted by Gasteiger charge is -2.25. The van der Waals surface area contributed by atoms with Gasteiger partial charge in [-0.25, -0.2) is 0 Å². The van der Waals surface area contributed by atoms with Crippen molar-refractivity contribution in [1.82, 2.24) is 0 Å². The quantitative estimate of drug-likeness (QED) is 0.886. The Kier molecular flexibility index (Phi) is 4.74. The van der Waals surface area contributed by atoms with Crippen LogP contribution < -0.4 is 0 Å². The summed E-state index contributed by atoms with van der Waals surface area (Å²) in [5.74, 6) is 0. The van der Waals surface area contributed by atoms with Gasteiger partial charge in [0.2, 0.25) is 0 Å². The zero-order valence-electron chi connectivity index (χ0n) is 14.4. The van der Waals surface area contributed by atoms with Gasteiger partial charge in [-0.15, -0.1) is 0 Å². The van der Waals surface area contributed by atoms with Crippen LogP contribution in [0.5, 0.6) is 0 Å². The summed E-state index contributed by atoms with van der Waals surface area (Å²) in [7, 11) is 0. The molecule has 0 amide bonds. The molecule has 0 saturated heterocycles. The molecule has 0 aromatic heterocycles. The van der Waals surface area contributed by atoms with Crippen molar-refractivity contribution in [3.8, 4) is 0 Å². The molecule has 0 aliphatic heterocycles. The summed E-state index contributed by atoms with van der Waals surface area (Å²) in [5, 5.41) is 21.5. The maximum absolute atomic E-state index is 10.8. The first-order valence-corrected chi connectivity index (χ1v) is 7.74. The van der Waals surface area contributed by atoms with Gasteiger partial charge in [0.1, 0.15) is 12.2 Å². The Morgan fingerprint density at radius 1 is 0.545 bits per heavy atom. The van der Waals surface area contributed by atoms with Crippen molar-refractivity contribution < 1.29 is 10.2 Å². The van der Waals surface area contributed by atoms with E-state index in [2.05, 4.69) is 0 Å². The van der Waals surface area contributed by atoms with Crippen molar-refractivity contribution in [1.29, 1.82) is 0 Å². The zero-order valence-corrected chi connectivity index (χ0v) is 14.4. The van der Waals surface area contributed by atoms with Crippen molar-refractivity contribution in [3.63, 3.8) is 0 Å². The van der Waals surface area contributed by atoms with E-state index in [0.717, 1.165) is 33.4 Å². The predicted molar refractivity (Wildman–Crippen MR) is 91.2 cm³/mol. The first-order valence-electron chi connectivity index (χ1n) is 7.74. The molecule has 118 valence electrons. The average Bonchev–Trinajstić information content (AvgIpc) is 2.35. The lowest BCUT2D eigenvalue weighted by atomic mass is 9.87. The van der Waals surface area contributed by atoms with E-state index < -0.39 is 12.2 Å². The normalized spacial score (nSPS) is 14.0. The van der Waals surface area contributed by atoms with Crippen LogP contribution in [-0.4, -0.2) is 10.2 Å². The second kappa shape index (κ2) is 6.23. The number of hydrogen-bond acceptors (Lipinski definition) is 2. The van der Waals surface area contributed by atoms with E-state index in [4.69, 9.17) is 0 Å². The van der Waals surface area contributed by atoms with Gasteiger partial charge in [0.15, 0.2) is 0 Å². The van der Waals surface area contributed by atoms with Crippen LogP contribution in [0.3, 0.4) is 0 Å². The summed E-state index contributed by atoms with van der Waals surface area (Å²) in [6.45, 7) is 12.0. The Bertz CT molecular complexity index is 593. The molecule has 0 aliphatic carbocycles. The van der Waals surface area contributed by atoms with Gasteiger partial charge in [0.25, 0.3) is 0 Å². The predicted octanol–water partition coefficient (Wildman–Crippen LogP) is 4.30. The summed E-state index contributed by atoms with van der Waals surface area (Å²) in [6, 6.07) is 8.19. The van der Waals surface area contributed by atoms with Gasteiger partial charge < -0.3 is 10.2 Å². The smallest absolute Gasteiger partial charge is 0.110 e. The molecule has 2 aromatic rings. The molecule has 2 aromatic carbocycles. The molecule has 0 radical (unpaired) electrons. The van der Waals surface area contributed by atoms with Crippen LogP contribution in [0.1, 0.15) is 56.7 Å². The molecule has 0 saturated carbocycles. The van der Waals surface area contributed by atoms with Crippen LogP contribution in [0.2, 0.25) is 0 Å². The largest absolute Gasteiger partial charge is 0.385 e. The van der Waals surface area contributed by atoms with E-state index in [1.165, 1.54) is 11.1 Å². The Balaban J connectivity index is 2.49. The highest BCUT2D eigenvalue weighted by Crippen LogP contribution is 2.36. The molecule has 0 spiro atoms. The van der Waals surface area contributed by atoms with E-state index in [0.29, 0.717) is 0 Å². The van der Waals surface area contributed by atoms with Gasteiger partial charge in [-0.05, 0) is 74.9 Å². The van der Waals surface area contributed by atoms with Gasteiger partial charge in [-0.2, -0.15) is 0 Å². The van der Waals surface area contributed by atoms with E-state index in [-0.39, 0.29) is 0 Å². The molecular weight excluding hydrogens is 272 g/mol. The molecular formula is C20H26O2. The Hall–Kier alpha value is -1.64. The summed E-state index contributed by atoms with van der Waals surface area (Å²) in [5.41, 5.74) is 8.08. The maximum Gasteiger partial charge on any atom is 0.110 e. The highest BCUT2D eigenvalue weighted by Gasteiger charge is 2.26. The maximum atomic E-state index is 10.8. The fourth-order valence-electron chi connectivity index (χ4n) is 3.63. The second-order valence-electron chi connectivity index (χ2n) is 6.51. The van der Waals surface area contributed by atoms with Crippen molar-refractivity contribution in [2.75, 3.05) is 0 Å². The molecule has 0 fully saturated rings. The van der Waals surface area contributed by atoms with E-state index in [9.17, 15) is 10.2 Å². The lowest BCUT2D eigenvalue weighted by molar-refractivity contribution is 0.0157. The number of hydrogen-bond donors (Lipinski definition) is 2. The monoisotopic (exact) mass is 298 g/mol. The average molecular weight is 298 g/mol. The van der Waals surface area contributed by atoms with Crippen molar-refractivity contribution in [2.24, 2.45) is 0 Å². The van der Waals surface area contributed by atoms with Crippen LogP contribution in [0.15, 0.2) is 24.3 Å². The van der Waals surface area contributed by atoms with Gasteiger partial charge in [0, 0.05) is 0 Å². The SMILES string of the molecule is Cc1cc(C)c([C@H](O)[C@@H](O)c2c(C)cc(C)cc2C)c(C)c1. The molecule has 0 bridgehead atoms. The highest BCUT2D eigenvalue weighted by atomic mass is 16.3. The van der Waals surface area contributed by atoms with Crippen LogP contribution >= 0.6 is 0 Å². The van der Waals surface area contributed by atoms with Crippen LogP contribution in [-0.2, 0) is 0 Å². The minimum Gasteiger partial charge on any atom is -0.385 e. The summed E-state index contributed by atoms with van der Waals surface area (Å²) in [4.78, 5) is 0. The number of rotatable bonds is 3. The molecule has 2 heteroatoms. The van der Waals surface area contributed by atoms with Crippen LogP contribution in [0.25, 0.3) is 0 Å². The van der Waals surface area contributed by atoms with E-state index in [1.807, 2.05) is 65.8 Å². The Morgan fingerprint density at radius 3 is 1.00 bits per heavy atom. The second-order valence-corrected chi connectivity index (χ2v) is 6.51. The fraction of sp³-hybridized carbons (Fsp3) is 0.400. The van der Waals surface area contributed by atoms with Crippen molar-refractivity contribution in [2.45, 2.75) is 53.8 Å². The van der Waals surface area contributed by atoms with Crippen molar-refractivity contribution in [3.05, 3.63) is 68.8 Å². The zero-order chi connectivity index (χ0) is 16.6. The molecule has 2 atom stereocenters. The number of aliphatic hydroxyl groups is 2. The molecule has 2 N–H and O–H groups in total. The number of aryl methyl sites for hydroxylation is 6. The van der Waals surface area contributed by atoms with Gasteiger partial charge in [-0.3, -0.25) is 0 Å². The molecule has 2 rings (SSSR count). The van der Waals surface area contributed by atoms with Crippen LogP contribution in [0, 0.1) is 41.5 Å². The molecule has 22 heavy (non-hydrogen) atoms. The third-order valence-corrected chi connectivity index (χ3v) is 4.37. The lowest BCUT2D eigenvalue weighted by Crippen LogP contribution is -2.15.